The van der Waals surface area contributed by atoms with E-state index in [0.29, 0.717) is 5.92 Å². The van der Waals surface area contributed by atoms with Gasteiger partial charge in [0.1, 0.15) is 0 Å². The first-order valence-electron chi connectivity index (χ1n) is 8.01. The molecule has 0 bridgehead atoms. The van der Waals surface area contributed by atoms with Crippen LogP contribution in [0.15, 0.2) is 0 Å². The van der Waals surface area contributed by atoms with Crippen LogP contribution >= 0.6 is 12.4 Å². The van der Waals surface area contributed by atoms with Gasteiger partial charge < -0.3 is 16.0 Å². The Morgan fingerprint density at radius 1 is 1.15 bits per heavy atom. The molecule has 2 rings (SSSR count). The highest BCUT2D eigenvalue weighted by Crippen LogP contribution is 2.26. The van der Waals surface area contributed by atoms with Crippen LogP contribution < -0.4 is 11.1 Å². The van der Waals surface area contributed by atoms with E-state index < -0.39 is 0 Å². The Kier molecular flexibility index (Phi) is 8.50. The summed E-state index contributed by atoms with van der Waals surface area (Å²) in [6.07, 6.45) is 9.97. The van der Waals surface area contributed by atoms with Gasteiger partial charge in [-0.25, -0.2) is 0 Å². The van der Waals surface area contributed by atoms with Gasteiger partial charge in [0.2, 0.25) is 5.91 Å². The van der Waals surface area contributed by atoms with E-state index in [0.717, 1.165) is 19.5 Å². The molecule has 2 fully saturated rings. The normalized spacial score (nSPS) is 22.2. The second-order valence-electron chi connectivity index (χ2n) is 6.19. The van der Waals surface area contributed by atoms with Gasteiger partial charge in [0, 0.05) is 13.1 Å². The van der Waals surface area contributed by atoms with E-state index in [2.05, 4.69) is 10.2 Å². The number of carbonyl (C=O) groups excluding carboxylic acids is 1. The van der Waals surface area contributed by atoms with Crippen molar-refractivity contribution in [3.8, 4) is 0 Å². The summed E-state index contributed by atoms with van der Waals surface area (Å²) in [7, 11) is 0. The first-order valence-corrected chi connectivity index (χ1v) is 8.01. The quantitative estimate of drug-likeness (QED) is 0.788. The molecular formula is C15H30ClN3O. The van der Waals surface area contributed by atoms with Crippen molar-refractivity contribution in [1.29, 1.82) is 0 Å². The molecule has 1 heterocycles. The second kappa shape index (κ2) is 9.59. The molecule has 0 aromatic heterocycles. The molecular weight excluding hydrogens is 274 g/mol. The summed E-state index contributed by atoms with van der Waals surface area (Å²) in [6.45, 7) is 4.09. The van der Waals surface area contributed by atoms with Crippen molar-refractivity contribution in [3.63, 3.8) is 0 Å². The van der Waals surface area contributed by atoms with E-state index in [4.69, 9.17) is 5.73 Å². The van der Waals surface area contributed by atoms with Crippen molar-refractivity contribution < 1.29 is 4.79 Å². The number of amides is 1. The number of hydrogen-bond donors (Lipinski definition) is 2. The van der Waals surface area contributed by atoms with Crippen LogP contribution in [0.1, 0.15) is 51.4 Å². The molecule has 1 saturated heterocycles. The lowest BCUT2D eigenvalue weighted by molar-refractivity contribution is -0.122. The summed E-state index contributed by atoms with van der Waals surface area (Å²) in [5.74, 6) is 0.720. The Balaban J connectivity index is 0.00000200. The van der Waals surface area contributed by atoms with Crippen LogP contribution in [0.3, 0.4) is 0 Å². The summed E-state index contributed by atoms with van der Waals surface area (Å²) >= 11 is 0. The standard InChI is InChI=1S/C15H29N3O.ClH/c16-14(12-13-6-2-1-3-7-13)15(19)17-8-11-18-9-4-5-10-18;/h13-14H,1-12,16H2,(H,17,19);1H. The first-order chi connectivity index (χ1) is 9.25. The smallest absolute Gasteiger partial charge is 0.236 e. The van der Waals surface area contributed by atoms with E-state index in [-0.39, 0.29) is 24.4 Å². The maximum absolute atomic E-state index is 11.9. The van der Waals surface area contributed by atoms with E-state index >= 15 is 0 Å². The predicted octanol–water partition coefficient (Wildman–Crippen LogP) is 1.92. The minimum atomic E-state index is -0.304. The summed E-state index contributed by atoms with van der Waals surface area (Å²) in [4.78, 5) is 14.3. The Hall–Kier alpha value is -0.320. The Bertz CT molecular complexity index is 276. The van der Waals surface area contributed by atoms with Crippen molar-refractivity contribution in [3.05, 3.63) is 0 Å². The zero-order chi connectivity index (χ0) is 13.5. The van der Waals surface area contributed by atoms with Crippen molar-refractivity contribution in [2.24, 2.45) is 11.7 Å². The molecule has 1 aliphatic heterocycles. The van der Waals surface area contributed by atoms with Crippen LogP contribution in [0.25, 0.3) is 0 Å². The molecule has 0 aromatic rings. The minimum absolute atomic E-state index is 0. The predicted molar refractivity (Wildman–Crippen MR) is 85.1 cm³/mol. The molecule has 5 heteroatoms. The van der Waals surface area contributed by atoms with Crippen LogP contribution in [0, 0.1) is 5.92 Å². The molecule has 20 heavy (non-hydrogen) atoms. The fraction of sp³-hybridized carbons (Fsp3) is 0.933. The second-order valence-corrected chi connectivity index (χ2v) is 6.19. The molecule has 118 valence electrons. The minimum Gasteiger partial charge on any atom is -0.353 e. The number of carbonyl (C=O) groups is 1. The summed E-state index contributed by atoms with van der Waals surface area (Å²) in [5, 5.41) is 2.99. The van der Waals surface area contributed by atoms with Gasteiger partial charge in [-0.05, 0) is 38.3 Å². The van der Waals surface area contributed by atoms with E-state index in [1.165, 1.54) is 58.0 Å². The average molecular weight is 304 g/mol. The maximum Gasteiger partial charge on any atom is 0.236 e. The zero-order valence-corrected chi connectivity index (χ0v) is 13.3. The van der Waals surface area contributed by atoms with Crippen molar-refractivity contribution >= 4 is 18.3 Å². The van der Waals surface area contributed by atoms with Crippen molar-refractivity contribution in [2.45, 2.75) is 57.4 Å². The van der Waals surface area contributed by atoms with Gasteiger partial charge in [0.05, 0.1) is 6.04 Å². The van der Waals surface area contributed by atoms with Crippen molar-refractivity contribution in [2.75, 3.05) is 26.2 Å². The van der Waals surface area contributed by atoms with Crippen LogP contribution in [-0.2, 0) is 4.79 Å². The fourth-order valence-corrected chi connectivity index (χ4v) is 3.36. The van der Waals surface area contributed by atoms with Crippen LogP contribution in [-0.4, -0.2) is 43.0 Å². The third-order valence-electron chi connectivity index (χ3n) is 4.57. The van der Waals surface area contributed by atoms with Gasteiger partial charge in [0.25, 0.3) is 0 Å². The highest BCUT2D eigenvalue weighted by Gasteiger charge is 2.21. The van der Waals surface area contributed by atoms with Gasteiger partial charge in [-0.15, -0.1) is 12.4 Å². The molecule has 2 aliphatic rings. The number of nitrogens with zero attached hydrogens (tertiary/aromatic N) is 1. The third kappa shape index (κ3) is 5.98. The highest BCUT2D eigenvalue weighted by molar-refractivity contribution is 5.85. The molecule has 1 atom stereocenters. The van der Waals surface area contributed by atoms with Crippen LogP contribution in [0.5, 0.6) is 0 Å². The summed E-state index contributed by atoms with van der Waals surface area (Å²) < 4.78 is 0. The largest absolute Gasteiger partial charge is 0.353 e. The molecule has 1 saturated carbocycles. The first kappa shape index (κ1) is 17.7. The van der Waals surface area contributed by atoms with E-state index in [1.54, 1.807) is 0 Å². The fourth-order valence-electron chi connectivity index (χ4n) is 3.36. The van der Waals surface area contributed by atoms with Gasteiger partial charge in [-0.1, -0.05) is 32.1 Å². The third-order valence-corrected chi connectivity index (χ3v) is 4.57. The Morgan fingerprint density at radius 2 is 1.80 bits per heavy atom. The molecule has 0 aromatic carbocycles. The molecule has 0 spiro atoms. The van der Waals surface area contributed by atoms with E-state index in [9.17, 15) is 4.79 Å². The summed E-state index contributed by atoms with van der Waals surface area (Å²) in [6, 6.07) is -0.304. The lowest BCUT2D eigenvalue weighted by Gasteiger charge is -2.24. The van der Waals surface area contributed by atoms with Gasteiger partial charge >= 0.3 is 0 Å². The monoisotopic (exact) mass is 303 g/mol. The Labute approximate surface area is 129 Å². The summed E-state index contributed by atoms with van der Waals surface area (Å²) in [5.41, 5.74) is 6.02. The number of nitrogens with two attached hydrogens (primary N) is 1. The number of nitrogens with one attached hydrogen (secondary N) is 1. The van der Waals surface area contributed by atoms with Crippen LogP contribution in [0.2, 0.25) is 0 Å². The zero-order valence-electron chi connectivity index (χ0n) is 12.5. The SMILES string of the molecule is Cl.NC(CC1CCCCC1)C(=O)NCCN1CCCC1. The van der Waals surface area contributed by atoms with Gasteiger partial charge in [0.15, 0.2) is 0 Å². The van der Waals surface area contributed by atoms with Crippen LogP contribution in [0.4, 0.5) is 0 Å². The number of likely N-dealkylation sites (tertiary alicyclic amines) is 1. The molecule has 1 amide bonds. The molecule has 0 radical (unpaired) electrons. The number of halogens is 1. The molecule has 4 nitrogen and oxygen atoms in total. The lowest BCUT2D eigenvalue weighted by Crippen LogP contribution is -2.44. The topological polar surface area (TPSA) is 58.4 Å². The number of hydrogen-bond acceptors (Lipinski definition) is 3. The lowest BCUT2D eigenvalue weighted by atomic mass is 9.85. The Morgan fingerprint density at radius 3 is 2.45 bits per heavy atom. The van der Waals surface area contributed by atoms with Gasteiger partial charge in [-0.2, -0.15) is 0 Å². The highest BCUT2D eigenvalue weighted by atomic mass is 35.5. The molecule has 1 aliphatic carbocycles. The number of rotatable bonds is 6. The molecule has 3 N–H and O–H groups in total. The maximum atomic E-state index is 11.9. The molecule has 1 unspecified atom stereocenters. The van der Waals surface area contributed by atoms with Gasteiger partial charge in [-0.3, -0.25) is 4.79 Å². The average Bonchev–Trinajstić information content (AvgIpc) is 2.93. The van der Waals surface area contributed by atoms with E-state index in [1.807, 2.05) is 0 Å². The van der Waals surface area contributed by atoms with Crippen molar-refractivity contribution in [1.82, 2.24) is 10.2 Å².